The third kappa shape index (κ3) is 3.55. The minimum Gasteiger partial charge on any atom is -0.305 e. The molecule has 1 aromatic carbocycles. The molecular weight excluding hydrogens is 326 g/mol. The van der Waals surface area contributed by atoms with Gasteiger partial charge < -0.3 is 5.32 Å². The highest BCUT2D eigenvalue weighted by molar-refractivity contribution is 9.10. The summed E-state index contributed by atoms with van der Waals surface area (Å²) < 4.78 is 3.15. The number of nitrogens with zero attached hydrogens (tertiary/aromatic N) is 2. The van der Waals surface area contributed by atoms with Gasteiger partial charge in [0, 0.05) is 6.04 Å². The first-order valence-electron chi connectivity index (χ1n) is 7.63. The van der Waals surface area contributed by atoms with Gasteiger partial charge in [-0.05, 0) is 53.9 Å². The van der Waals surface area contributed by atoms with Crippen LogP contribution in [0, 0.1) is 0 Å². The molecule has 2 aromatic rings. The molecule has 1 heterocycles. The average molecular weight is 350 g/mol. The van der Waals surface area contributed by atoms with Crippen LogP contribution in [-0.2, 0) is 6.42 Å². The van der Waals surface area contributed by atoms with E-state index in [1.807, 2.05) is 6.20 Å². The number of hydrogen-bond acceptors (Lipinski definition) is 2. The molecule has 0 aliphatic carbocycles. The summed E-state index contributed by atoms with van der Waals surface area (Å²) in [4.78, 5) is 0. The molecule has 21 heavy (non-hydrogen) atoms. The van der Waals surface area contributed by atoms with Gasteiger partial charge >= 0.3 is 0 Å². The van der Waals surface area contributed by atoms with E-state index in [0.29, 0.717) is 6.04 Å². The zero-order valence-electron chi connectivity index (χ0n) is 13.2. The van der Waals surface area contributed by atoms with E-state index in [0.717, 1.165) is 17.4 Å². The molecule has 2 rings (SSSR count). The quantitative estimate of drug-likeness (QED) is 0.832. The van der Waals surface area contributed by atoms with E-state index in [2.05, 4.69) is 83.0 Å². The molecule has 0 saturated carbocycles. The smallest absolute Gasteiger partial charge is 0.0759 e. The van der Waals surface area contributed by atoms with Crippen LogP contribution >= 0.6 is 15.9 Å². The molecular formula is C17H24BrN3. The molecule has 114 valence electrons. The molecule has 0 spiro atoms. The molecule has 1 aromatic heterocycles. The van der Waals surface area contributed by atoms with Gasteiger partial charge in [-0.15, -0.1) is 0 Å². The van der Waals surface area contributed by atoms with E-state index in [1.165, 1.54) is 16.8 Å². The van der Waals surface area contributed by atoms with E-state index in [4.69, 9.17) is 0 Å². The van der Waals surface area contributed by atoms with Gasteiger partial charge in [0.05, 0.1) is 22.4 Å². The van der Waals surface area contributed by atoms with Crippen LogP contribution in [0.15, 0.2) is 34.9 Å². The number of rotatable bonds is 6. The number of aryl methyl sites for hydroxylation is 1. The fourth-order valence-corrected chi connectivity index (χ4v) is 3.06. The highest BCUT2D eigenvalue weighted by Gasteiger charge is 2.22. The molecule has 0 fully saturated rings. The number of hydrogen-bond donors (Lipinski definition) is 1. The summed E-state index contributed by atoms with van der Waals surface area (Å²) >= 11 is 3.66. The lowest BCUT2D eigenvalue weighted by atomic mass is 10.0. The van der Waals surface area contributed by atoms with Crippen molar-refractivity contribution in [2.75, 3.05) is 6.54 Å². The summed E-state index contributed by atoms with van der Waals surface area (Å²) in [6.45, 7) is 9.55. The Morgan fingerprint density at radius 2 is 1.86 bits per heavy atom. The van der Waals surface area contributed by atoms with Gasteiger partial charge in [-0.3, -0.25) is 4.68 Å². The van der Waals surface area contributed by atoms with Gasteiger partial charge in [-0.25, -0.2) is 0 Å². The van der Waals surface area contributed by atoms with Gasteiger partial charge in [-0.1, -0.05) is 38.1 Å². The topological polar surface area (TPSA) is 29.9 Å². The second-order valence-corrected chi connectivity index (χ2v) is 6.36. The first kappa shape index (κ1) is 16.2. The van der Waals surface area contributed by atoms with Crippen molar-refractivity contribution in [3.05, 3.63) is 51.8 Å². The van der Waals surface area contributed by atoms with E-state index < -0.39 is 0 Å². The molecule has 4 heteroatoms. The van der Waals surface area contributed by atoms with Crippen molar-refractivity contribution in [3.8, 4) is 0 Å². The highest BCUT2D eigenvalue weighted by atomic mass is 79.9. The Hall–Kier alpha value is -1.13. The summed E-state index contributed by atoms with van der Waals surface area (Å²) in [7, 11) is 0. The lowest BCUT2D eigenvalue weighted by Gasteiger charge is -2.22. The van der Waals surface area contributed by atoms with Crippen LogP contribution in [0.2, 0.25) is 0 Å². The van der Waals surface area contributed by atoms with E-state index in [1.54, 1.807) is 0 Å². The van der Waals surface area contributed by atoms with Crippen LogP contribution in [0.4, 0.5) is 0 Å². The van der Waals surface area contributed by atoms with Crippen molar-refractivity contribution in [3.63, 3.8) is 0 Å². The maximum Gasteiger partial charge on any atom is 0.0759 e. The SMILES string of the molecule is CCNC(c1ccc(CC)cc1)c1c(Br)cnn1C(C)C. The van der Waals surface area contributed by atoms with E-state index in [-0.39, 0.29) is 6.04 Å². The van der Waals surface area contributed by atoms with Crippen LogP contribution in [0.5, 0.6) is 0 Å². The second-order valence-electron chi connectivity index (χ2n) is 5.50. The Kier molecular flexibility index (Phi) is 5.59. The molecule has 0 radical (unpaired) electrons. The third-order valence-corrected chi connectivity index (χ3v) is 4.29. The van der Waals surface area contributed by atoms with Crippen LogP contribution in [0.1, 0.15) is 56.6 Å². The summed E-state index contributed by atoms with van der Waals surface area (Å²) in [5, 5.41) is 8.09. The molecule has 1 atom stereocenters. The molecule has 3 nitrogen and oxygen atoms in total. The molecule has 0 aliphatic heterocycles. The minimum atomic E-state index is 0.153. The van der Waals surface area contributed by atoms with E-state index >= 15 is 0 Å². The number of halogens is 1. The van der Waals surface area contributed by atoms with Crippen LogP contribution in [0.25, 0.3) is 0 Å². The van der Waals surface area contributed by atoms with Crippen molar-refractivity contribution < 1.29 is 0 Å². The Morgan fingerprint density at radius 1 is 1.19 bits per heavy atom. The predicted octanol–water partition coefficient (Wildman–Crippen LogP) is 4.49. The third-order valence-electron chi connectivity index (χ3n) is 3.68. The van der Waals surface area contributed by atoms with Crippen molar-refractivity contribution >= 4 is 15.9 Å². The molecule has 0 aliphatic rings. The zero-order valence-corrected chi connectivity index (χ0v) is 14.8. The molecule has 0 saturated heterocycles. The Balaban J connectivity index is 2.45. The molecule has 1 unspecified atom stereocenters. The normalized spacial score (nSPS) is 12.9. The lowest BCUT2D eigenvalue weighted by Crippen LogP contribution is -2.26. The molecule has 0 bridgehead atoms. The summed E-state index contributed by atoms with van der Waals surface area (Å²) in [6.07, 6.45) is 2.96. The average Bonchev–Trinajstić information content (AvgIpc) is 2.87. The summed E-state index contributed by atoms with van der Waals surface area (Å²) in [6, 6.07) is 9.35. The minimum absolute atomic E-state index is 0.153. The largest absolute Gasteiger partial charge is 0.305 e. The van der Waals surface area contributed by atoms with Crippen LogP contribution in [-0.4, -0.2) is 16.3 Å². The van der Waals surface area contributed by atoms with Gasteiger partial charge in [0.2, 0.25) is 0 Å². The number of benzene rings is 1. The second kappa shape index (κ2) is 7.23. The Labute approximate surface area is 135 Å². The van der Waals surface area contributed by atoms with Crippen molar-refractivity contribution in [2.24, 2.45) is 0 Å². The predicted molar refractivity (Wildman–Crippen MR) is 91.7 cm³/mol. The van der Waals surface area contributed by atoms with Crippen LogP contribution < -0.4 is 5.32 Å². The van der Waals surface area contributed by atoms with E-state index in [9.17, 15) is 0 Å². The zero-order chi connectivity index (χ0) is 15.4. The first-order chi connectivity index (χ1) is 10.1. The Morgan fingerprint density at radius 3 is 2.38 bits per heavy atom. The summed E-state index contributed by atoms with van der Waals surface area (Å²) in [5.74, 6) is 0. The monoisotopic (exact) mass is 349 g/mol. The van der Waals surface area contributed by atoms with Crippen LogP contribution in [0.3, 0.4) is 0 Å². The molecule has 0 amide bonds. The standard InChI is InChI=1S/C17H24BrN3/c1-5-13-7-9-14(10-8-13)16(19-6-2)17-15(18)11-20-21(17)12(3)4/h7-12,16,19H,5-6H2,1-4H3. The van der Waals surface area contributed by atoms with Crippen molar-refractivity contribution in [1.29, 1.82) is 0 Å². The number of nitrogens with one attached hydrogen (secondary N) is 1. The fraction of sp³-hybridized carbons (Fsp3) is 0.471. The maximum absolute atomic E-state index is 4.51. The summed E-state index contributed by atoms with van der Waals surface area (Å²) in [5.41, 5.74) is 3.83. The lowest BCUT2D eigenvalue weighted by molar-refractivity contribution is 0.475. The maximum atomic E-state index is 4.51. The molecule has 1 N–H and O–H groups in total. The van der Waals surface area contributed by atoms with Gasteiger partial charge in [0.25, 0.3) is 0 Å². The van der Waals surface area contributed by atoms with Gasteiger partial charge in [-0.2, -0.15) is 5.10 Å². The van der Waals surface area contributed by atoms with Crippen molar-refractivity contribution in [1.82, 2.24) is 15.1 Å². The first-order valence-corrected chi connectivity index (χ1v) is 8.42. The number of aromatic nitrogens is 2. The van der Waals surface area contributed by atoms with Crippen molar-refractivity contribution in [2.45, 2.75) is 46.2 Å². The van der Waals surface area contributed by atoms with Gasteiger partial charge in [0.15, 0.2) is 0 Å². The Bertz CT molecular complexity index is 572. The fourth-order valence-electron chi connectivity index (χ4n) is 2.55. The highest BCUT2D eigenvalue weighted by Crippen LogP contribution is 2.30. The van der Waals surface area contributed by atoms with Gasteiger partial charge in [0.1, 0.15) is 0 Å².